The van der Waals surface area contributed by atoms with Crippen LogP contribution in [0.3, 0.4) is 0 Å². The van der Waals surface area contributed by atoms with Crippen LogP contribution in [0, 0.1) is 5.92 Å². The van der Waals surface area contributed by atoms with Crippen LogP contribution in [0.15, 0.2) is 54.6 Å². The van der Waals surface area contributed by atoms with E-state index in [2.05, 4.69) is 66.5 Å². The molecule has 0 amide bonds. The lowest BCUT2D eigenvalue weighted by molar-refractivity contribution is -0.124. The summed E-state index contributed by atoms with van der Waals surface area (Å²) in [6.07, 6.45) is 1.77. The second kappa shape index (κ2) is 5.93. The number of carbonyl (C=O) groups is 1. The Bertz CT molecular complexity index is 709. The largest absolute Gasteiger partial charge is 0.302 e. The fourth-order valence-electron chi connectivity index (χ4n) is 4.52. The number of hydrogen-bond donors (Lipinski definition) is 0. The zero-order valence-corrected chi connectivity index (χ0v) is 13.6. The van der Waals surface area contributed by atoms with E-state index in [0.717, 1.165) is 25.9 Å². The highest BCUT2D eigenvalue weighted by Crippen LogP contribution is 2.50. The summed E-state index contributed by atoms with van der Waals surface area (Å²) < 4.78 is 0. The van der Waals surface area contributed by atoms with Gasteiger partial charge in [-0.2, -0.15) is 0 Å². The predicted octanol–water partition coefficient (Wildman–Crippen LogP) is 3.98. The second-order valence-electron chi connectivity index (χ2n) is 7.14. The lowest BCUT2D eigenvalue weighted by atomic mass is 9.61. The van der Waals surface area contributed by atoms with E-state index >= 15 is 0 Å². The van der Waals surface area contributed by atoms with Crippen LogP contribution in [0.1, 0.15) is 41.4 Å². The highest BCUT2D eigenvalue weighted by Gasteiger charge is 2.44. The molecule has 2 bridgehead atoms. The Hall–Kier alpha value is -1.93. The molecule has 0 N–H and O–H groups in total. The summed E-state index contributed by atoms with van der Waals surface area (Å²) in [4.78, 5) is 14.7. The molecule has 0 saturated heterocycles. The fraction of sp³-hybridized carbons (Fsp3) is 0.381. The smallest absolute Gasteiger partial charge is 0.140 e. The summed E-state index contributed by atoms with van der Waals surface area (Å²) in [6.45, 7) is 2.04. The van der Waals surface area contributed by atoms with Gasteiger partial charge < -0.3 is 4.90 Å². The summed E-state index contributed by atoms with van der Waals surface area (Å²) >= 11 is 0. The van der Waals surface area contributed by atoms with Gasteiger partial charge in [-0.3, -0.25) is 4.79 Å². The molecule has 0 radical (unpaired) electrons. The van der Waals surface area contributed by atoms with Crippen molar-refractivity contribution in [2.75, 3.05) is 13.6 Å². The number of nitrogens with zero attached hydrogens (tertiary/aromatic N) is 1. The molecule has 118 valence electrons. The van der Waals surface area contributed by atoms with Crippen molar-refractivity contribution in [1.82, 2.24) is 4.90 Å². The van der Waals surface area contributed by atoms with Crippen LogP contribution in [0.4, 0.5) is 0 Å². The Balaban J connectivity index is 1.50. The number of rotatable bonds is 4. The number of carbonyl (C=O) groups excluding carboxylic acids is 1. The van der Waals surface area contributed by atoms with Gasteiger partial charge in [-0.05, 0) is 42.0 Å². The van der Waals surface area contributed by atoms with Crippen molar-refractivity contribution in [3.8, 4) is 0 Å². The van der Waals surface area contributed by atoms with Crippen LogP contribution in [0.2, 0.25) is 0 Å². The minimum atomic E-state index is 0.145. The minimum absolute atomic E-state index is 0.145. The van der Waals surface area contributed by atoms with Crippen LogP contribution < -0.4 is 0 Å². The van der Waals surface area contributed by atoms with E-state index in [4.69, 9.17) is 0 Å². The third-order valence-corrected chi connectivity index (χ3v) is 5.53. The zero-order valence-electron chi connectivity index (χ0n) is 13.6. The van der Waals surface area contributed by atoms with Crippen molar-refractivity contribution >= 4 is 5.78 Å². The molecule has 2 heteroatoms. The molecule has 0 heterocycles. The van der Waals surface area contributed by atoms with E-state index in [1.165, 1.54) is 16.7 Å². The first-order valence-corrected chi connectivity index (χ1v) is 8.56. The van der Waals surface area contributed by atoms with Gasteiger partial charge in [0, 0.05) is 25.4 Å². The first-order chi connectivity index (χ1) is 11.2. The molecule has 0 aliphatic heterocycles. The van der Waals surface area contributed by atoms with Crippen LogP contribution in [0.5, 0.6) is 0 Å². The average molecular weight is 305 g/mol. The van der Waals surface area contributed by atoms with Crippen molar-refractivity contribution in [3.05, 3.63) is 71.3 Å². The maximum atomic E-state index is 12.3. The maximum Gasteiger partial charge on any atom is 0.140 e. The maximum absolute atomic E-state index is 12.3. The summed E-state index contributed by atoms with van der Waals surface area (Å²) in [5, 5.41) is 0. The Morgan fingerprint density at radius 1 is 1.00 bits per heavy atom. The monoisotopic (exact) mass is 305 g/mol. The first-order valence-electron chi connectivity index (χ1n) is 8.56. The van der Waals surface area contributed by atoms with Gasteiger partial charge in [0.15, 0.2) is 0 Å². The normalized spacial score (nSPS) is 25.7. The molecule has 0 aromatic heterocycles. The lowest BCUT2D eigenvalue weighted by Gasteiger charge is -2.44. The minimum Gasteiger partial charge on any atom is -0.302 e. The number of fused-ring (bicyclic) bond motifs is 2. The van der Waals surface area contributed by atoms with E-state index in [-0.39, 0.29) is 5.92 Å². The third-order valence-electron chi connectivity index (χ3n) is 5.53. The number of benzene rings is 2. The molecule has 3 atom stereocenters. The van der Waals surface area contributed by atoms with E-state index < -0.39 is 0 Å². The van der Waals surface area contributed by atoms with E-state index in [9.17, 15) is 4.79 Å². The molecule has 1 saturated carbocycles. The van der Waals surface area contributed by atoms with E-state index in [1.807, 2.05) is 0 Å². The summed E-state index contributed by atoms with van der Waals surface area (Å²) in [5.41, 5.74) is 4.09. The van der Waals surface area contributed by atoms with Crippen molar-refractivity contribution < 1.29 is 4.79 Å². The van der Waals surface area contributed by atoms with Crippen molar-refractivity contribution in [3.63, 3.8) is 0 Å². The number of hydrogen-bond acceptors (Lipinski definition) is 2. The van der Waals surface area contributed by atoms with Crippen molar-refractivity contribution in [1.29, 1.82) is 0 Å². The summed E-state index contributed by atoms with van der Waals surface area (Å²) in [7, 11) is 2.20. The van der Waals surface area contributed by atoms with Gasteiger partial charge in [0.2, 0.25) is 0 Å². The van der Waals surface area contributed by atoms with Gasteiger partial charge in [0.25, 0.3) is 0 Å². The summed E-state index contributed by atoms with van der Waals surface area (Å²) in [5.74, 6) is 1.62. The molecular formula is C21H23NO. The first kappa shape index (κ1) is 14.6. The Morgan fingerprint density at radius 2 is 1.70 bits per heavy atom. The molecular weight excluding hydrogens is 282 g/mol. The standard InChI is InChI=1S/C21H23NO/c1-22(13-15-7-3-2-4-8-15)14-16-11-20-18-10-6-5-9-17(18)19(16)12-21(20)23/h2-10,16,19-20H,11-14H2,1H3/t16-,19-,20+/m1/s1. The molecule has 5 rings (SSSR count). The van der Waals surface area contributed by atoms with Crippen LogP contribution >= 0.6 is 0 Å². The Morgan fingerprint density at radius 3 is 2.48 bits per heavy atom. The molecule has 0 spiro atoms. The molecule has 3 aliphatic carbocycles. The van der Waals surface area contributed by atoms with E-state index in [0.29, 0.717) is 17.6 Å². The summed E-state index contributed by atoms with van der Waals surface area (Å²) in [6, 6.07) is 19.2. The van der Waals surface area contributed by atoms with Gasteiger partial charge in [-0.1, -0.05) is 54.6 Å². The van der Waals surface area contributed by atoms with Crippen molar-refractivity contribution in [2.24, 2.45) is 5.92 Å². The average Bonchev–Trinajstić information content (AvgIpc) is 2.57. The van der Waals surface area contributed by atoms with Crippen molar-refractivity contribution in [2.45, 2.75) is 31.2 Å². The second-order valence-corrected chi connectivity index (χ2v) is 7.14. The number of ketones is 1. The SMILES string of the molecule is CN(Cc1ccccc1)C[C@H]1C[C@@H]2C(=O)C[C@H]1c1ccccc12. The van der Waals surface area contributed by atoms with E-state index in [1.54, 1.807) is 0 Å². The van der Waals surface area contributed by atoms with Crippen LogP contribution in [-0.2, 0) is 11.3 Å². The topological polar surface area (TPSA) is 20.3 Å². The van der Waals surface area contributed by atoms with Gasteiger partial charge >= 0.3 is 0 Å². The molecule has 23 heavy (non-hydrogen) atoms. The van der Waals surface area contributed by atoms with Crippen LogP contribution in [-0.4, -0.2) is 24.3 Å². The fourth-order valence-corrected chi connectivity index (χ4v) is 4.52. The van der Waals surface area contributed by atoms with Gasteiger partial charge in [-0.15, -0.1) is 0 Å². The van der Waals surface area contributed by atoms with Gasteiger partial charge in [-0.25, -0.2) is 0 Å². The van der Waals surface area contributed by atoms with Gasteiger partial charge in [0.05, 0.1) is 0 Å². The highest BCUT2D eigenvalue weighted by atomic mass is 16.1. The Labute approximate surface area is 138 Å². The zero-order chi connectivity index (χ0) is 15.8. The molecule has 2 aromatic carbocycles. The third kappa shape index (κ3) is 2.72. The Kier molecular flexibility index (Phi) is 3.78. The van der Waals surface area contributed by atoms with Gasteiger partial charge in [0.1, 0.15) is 5.78 Å². The number of Topliss-reactive ketones (excluding diaryl/α,β-unsaturated/α-hetero) is 1. The predicted molar refractivity (Wildman–Crippen MR) is 92.4 cm³/mol. The quantitative estimate of drug-likeness (QED) is 0.851. The lowest BCUT2D eigenvalue weighted by Crippen LogP contribution is -2.40. The van der Waals surface area contributed by atoms with Crippen LogP contribution in [0.25, 0.3) is 0 Å². The molecule has 0 unspecified atom stereocenters. The molecule has 3 aliphatic rings. The molecule has 1 fully saturated rings. The highest BCUT2D eigenvalue weighted by molar-refractivity contribution is 5.90. The molecule has 2 aromatic rings. The molecule has 2 nitrogen and oxygen atoms in total.